The molecule has 1 N–H and O–H groups in total. The number of nitrogens with one attached hydrogen (secondary N) is 1. The molecule has 8 heteroatoms. The molecular formula is C28H29FN4O3. The van der Waals surface area contributed by atoms with Gasteiger partial charge in [0.05, 0.1) is 12.8 Å². The van der Waals surface area contributed by atoms with E-state index in [1.54, 1.807) is 16.8 Å². The van der Waals surface area contributed by atoms with E-state index in [1.165, 1.54) is 13.2 Å². The first kappa shape index (κ1) is 23.9. The number of pyridine rings is 1. The third-order valence-electron chi connectivity index (χ3n) is 6.68. The third-order valence-corrected chi connectivity index (χ3v) is 6.68. The third kappa shape index (κ3) is 5.23. The fourth-order valence-electron chi connectivity index (χ4n) is 4.66. The number of ketones is 1. The molecule has 0 spiro atoms. The number of carbonyl (C=O) groups excluding carboxylic acids is 1. The first-order chi connectivity index (χ1) is 17.5. The van der Waals surface area contributed by atoms with E-state index in [2.05, 4.69) is 15.4 Å². The molecule has 1 fully saturated rings. The molecule has 0 amide bonds. The number of halogens is 1. The minimum absolute atomic E-state index is 0.0421. The maximum absolute atomic E-state index is 14.5. The monoisotopic (exact) mass is 488 g/mol. The van der Waals surface area contributed by atoms with Crippen molar-refractivity contribution in [1.29, 1.82) is 0 Å². The van der Waals surface area contributed by atoms with Crippen LogP contribution in [0.1, 0.15) is 46.8 Å². The summed E-state index contributed by atoms with van der Waals surface area (Å²) < 4.78 is 26.7. The van der Waals surface area contributed by atoms with Gasteiger partial charge in [0.15, 0.2) is 17.3 Å². The van der Waals surface area contributed by atoms with E-state index in [-0.39, 0.29) is 18.0 Å². The van der Waals surface area contributed by atoms with Crippen molar-refractivity contribution in [3.63, 3.8) is 0 Å². The second-order valence-electron chi connectivity index (χ2n) is 9.15. The highest BCUT2D eigenvalue weighted by Gasteiger charge is 2.23. The van der Waals surface area contributed by atoms with Gasteiger partial charge < -0.3 is 14.8 Å². The average Bonchev–Trinajstić information content (AvgIpc) is 3.33. The number of aromatic nitrogens is 3. The van der Waals surface area contributed by atoms with E-state index in [0.29, 0.717) is 22.9 Å². The molecule has 0 radical (unpaired) electrons. The molecular weight excluding hydrogens is 459 g/mol. The van der Waals surface area contributed by atoms with Gasteiger partial charge in [-0.3, -0.25) is 9.48 Å². The number of Topliss-reactive ketones (excluding diaryl/α,β-unsaturated/α-hetero) is 1. The van der Waals surface area contributed by atoms with Gasteiger partial charge in [0.2, 0.25) is 0 Å². The first-order valence-electron chi connectivity index (χ1n) is 12.1. The number of aryl methyl sites for hydroxylation is 1. The fraction of sp³-hybridized carbons (Fsp3) is 0.321. The van der Waals surface area contributed by atoms with Crippen LogP contribution in [0, 0.1) is 5.82 Å². The lowest BCUT2D eigenvalue weighted by molar-refractivity contribution is 0.0904. The van der Waals surface area contributed by atoms with Gasteiger partial charge in [-0.15, -0.1) is 0 Å². The molecule has 5 rings (SSSR count). The fourth-order valence-corrected chi connectivity index (χ4v) is 4.66. The molecule has 2 aromatic carbocycles. The summed E-state index contributed by atoms with van der Waals surface area (Å²) in [6.07, 6.45) is 5.69. The molecule has 0 saturated carbocycles. The Bertz CT molecular complexity index is 1380. The van der Waals surface area contributed by atoms with E-state index >= 15 is 0 Å². The van der Waals surface area contributed by atoms with Crippen LogP contribution in [0.25, 0.3) is 10.8 Å². The van der Waals surface area contributed by atoms with E-state index in [1.807, 2.05) is 49.8 Å². The Morgan fingerprint density at radius 1 is 1.17 bits per heavy atom. The van der Waals surface area contributed by atoms with E-state index in [4.69, 9.17) is 9.47 Å². The van der Waals surface area contributed by atoms with Gasteiger partial charge in [0, 0.05) is 62.0 Å². The molecule has 1 aliphatic heterocycles. The summed E-state index contributed by atoms with van der Waals surface area (Å²) in [5, 5.41) is 9.89. The Morgan fingerprint density at radius 3 is 2.72 bits per heavy atom. The minimum Gasteiger partial charge on any atom is -0.494 e. The van der Waals surface area contributed by atoms with Gasteiger partial charge in [0.1, 0.15) is 5.82 Å². The second kappa shape index (κ2) is 10.5. The SMILES string of the molecule is COc1ccc([C@H](CC(=O)c2ccc3cnc(NC4CCOCC4)cc3c2)c2ccn(C)n2)cc1F. The molecule has 2 aromatic heterocycles. The smallest absolute Gasteiger partial charge is 0.165 e. The van der Waals surface area contributed by atoms with E-state index < -0.39 is 11.7 Å². The van der Waals surface area contributed by atoms with Crippen LogP contribution < -0.4 is 10.1 Å². The molecule has 3 heterocycles. The zero-order chi connectivity index (χ0) is 25.1. The van der Waals surface area contributed by atoms with Crippen LogP contribution in [0.3, 0.4) is 0 Å². The van der Waals surface area contributed by atoms with Gasteiger partial charge >= 0.3 is 0 Å². The average molecular weight is 489 g/mol. The summed E-state index contributed by atoms with van der Waals surface area (Å²) in [5.41, 5.74) is 1.98. The molecule has 1 saturated heterocycles. The van der Waals surface area contributed by atoms with Crippen molar-refractivity contribution in [2.24, 2.45) is 7.05 Å². The highest BCUT2D eigenvalue weighted by Crippen LogP contribution is 2.32. The van der Waals surface area contributed by atoms with E-state index in [0.717, 1.165) is 42.6 Å². The zero-order valence-electron chi connectivity index (χ0n) is 20.4. The summed E-state index contributed by atoms with van der Waals surface area (Å²) in [6.45, 7) is 1.50. The Labute approximate surface area is 209 Å². The predicted octanol–water partition coefficient (Wildman–Crippen LogP) is 5.11. The predicted molar refractivity (Wildman–Crippen MR) is 136 cm³/mol. The van der Waals surface area contributed by atoms with Crippen molar-refractivity contribution in [2.45, 2.75) is 31.2 Å². The zero-order valence-corrected chi connectivity index (χ0v) is 20.4. The highest BCUT2D eigenvalue weighted by molar-refractivity contribution is 6.00. The number of methoxy groups -OCH3 is 1. The summed E-state index contributed by atoms with van der Waals surface area (Å²) in [7, 11) is 3.25. The summed E-state index contributed by atoms with van der Waals surface area (Å²) >= 11 is 0. The molecule has 36 heavy (non-hydrogen) atoms. The van der Waals surface area contributed by atoms with Crippen molar-refractivity contribution in [2.75, 3.05) is 25.6 Å². The van der Waals surface area contributed by atoms with Crippen molar-refractivity contribution in [3.8, 4) is 5.75 Å². The number of rotatable bonds is 8. The lowest BCUT2D eigenvalue weighted by Gasteiger charge is -2.23. The number of ether oxygens (including phenoxy) is 2. The topological polar surface area (TPSA) is 78.3 Å². The highest BCUT2D eigenvalue weighted by atomic mass is 19.1. The van der Waals surface area contributed by atoms with Crippen molar-refractivity contribution in [3.05, 3.63) is 83.6 Å². The summed E-state index contributed by atoms with van der Waals surface area (Å²) in [6, 6.07) is 14.6. The van der Waals surface area contributed by atoms with Crippen LogP contribution in [0.2, 0.25) is 0 Å². The number of benzene rings is 2. The molecule has 1 atom stereocenters. The quantitative estimate of drug-likeness (QED) is 0.347. The van der Waals surface area contributed by atoms with Crippen LogP contribution in [0.5, 0.6) is 5.75 Å². The number of hydrogen-bond acceptors (Lipinski definition) is 6. The molecule has 4 aromatic rings. The van der Waals surface area contributed by atoms with Gasteiger partial charge in [-0.2, -0.15) is 5.10 Å². The number of nitrogens with zero attached hydrogens (tertiary/aromatic N) is 3. The minimum atomic E-state index is -0.467. The Morgan fingerprint density at radius 2 is 2.00 bits per heavy atom. The molecule has 0 aliphatic carbocycles. The second-order valence-corrected chi connectivity index (χ2v) is 9.15. The van der Waals surface area contributed by atoms with Crippen LogP contribution in [0.15, 0.2) is 60.9 Å². The first-order valence-corrected chi connectivity index (χ1v) is 12.1. The van der Waals surface area contributed by atoms with Gasteiger partial charge in [-0.1, -0.05) is 18.2 Å². The Balaban J connectivity index is 1.41. The molecule has 0 bridgehead atoms. The molecule has 7 nitrogen and oxygen atoms in total. The van der Waals surface area contributed by atoms with Crippen LogP contribution >= 0.6 is 0 Å². The van der Waals surface area contributed by atoms with E-state index in [9.17, 15) is 9.18 Å². The van der Waals surface area contributed by atoms with Crippen molar-refractivity contribution in [1.82, 2.24) is 14.8 Å². The lowest BCUT2D eigenvalue weighted by atomic mass is 9.88. The van der Waals surface area contributed by atoms with Crippen LogP contribution in [-0.4, -0.2) is 46.9 Å². The van der Waals surface area contributed by atoms with Crippen LogP contribution in [-0.2, 0) is 11.8 Å². The largest absolute Gasteiger partial charge is 0.494 e. The number of fused-ring (bicyclic) bond motifs is 1. The van der Waals surface area contributed by atoms with Gasteiger partial charge in [0.25, 0.3) is 0 Å². The summed E-state index contributed by atoms with van der Waals surface area (Å²) in [5.74, 6) is 0.0564. The lowest BCUT2D eigenvalue weighted by Crippen LogP contribution is -2.28. The maximum Gasteiger partial charge on any atom is 0.165 e. The van der Waals surface area contributed by atoms with Gasteiger partial charge in [-0.25, -0.2) is 9.37 Å². The Hall–Kier alpha value is -3.78. The van der Waals surface area contributed by atoms with Crippen molar-refractivity contribution >= 4 is 22.4 Å². The number of carbonyl (C=O) groups is 1. The molecule has 1 aliphatic rings. The molecule has 186 valence electrons. The van der Waals surface area contributed by atoms with Crippen molar-refractivity contribution < 1.29 is 18.7 Å². The number of hydrogen-bond donors (Lipinski definition) is 1. The maximum atomic E-state index is 14.5. The Kier molecular flexibility index (Phi) is 6.95. The normalized spacial score (nSPS) is 15.1. The van der Waals surface area contributed by atoms with Gasteiger partial charge in [-0.05, 0) is 54.1 Å². The summed E-state index contributed by atoms with van der Waals surface area (Å²) in [4.78, 5) is 18.0. The standard InChI is InChI=1S/C28H29FN4O3/c1-33-10-7-25(32-33)23(18-5-6-27(35-2)24(29)14-18)16-26(34)19-3-4-20-17-30-28(15-21(20)13-19)31-22-8-11-36-12-9-22/h3-7,10,13-15,17,22-23H,8-9,11-12,16H2,1-2H3,(H,30,31)/t23-/m0/s1. The molecule has 0 unspecified atom stereocenters. The number of anilines is 1. The van der Waals surface area contributed by atoms with Crippen LogP contribution in [0.4, 0.5) is 10.2 Å².